The van der Waals surface area contributed by atoms with Crippen LogP contribution in [0.5, 0.6) is 11.6 Å². The van der Waals surface area contributed by atoms with Crippen LogP contribution in [-0.2, 0) is 0 Å². The number of nitrogens with one attached hydrogen (secondary N) is 1. The molecule has 11 heteroatoms. The Morgan fingerprint density at radius 3 is 2.55 bits per heavy atom. The Hall–Kier alpha value is -4.28. The van der Waals surface area contributed by atoms with Crippen LogP contribution in [0.25, 0.3) is 5.69 Å². The maximum atomic E-state index is 13.1. The third kappa shape index (κ3) is 3.88. The lowest BCUT2D eigenvalue weighted by atomic mass is 10.2. The number of nitro groups is 1. The van der Waals surface area contributed by atoms with Gasteiger partial charge in [-0.15, -0.1) is 0 Å². The number of hydrogen-bond donors (Lipinski definition) is 2. The van der Waals surface area contributed by atoms with E-state index < -0.39 is 27.9 Å². The quantitative estimate of drug-likeness (QED) is 0.382. The summed E-state index contributed by atoms with van der Waals surface area (Å²) in [7, 11) is 1.33. The zero-order valence-electron chi connectivity index (χ0n) is 14.8. The fourth-order valence-electron chi connectivity index (χ4n) is 2.51. The number of aliphatic imine (C=N–C) groups is 1. The van der Waals surface area contributed by atoms with Crippen molar-refractivity contribution in [3.05, 3.63) is 84.8 Å². The minimum Gasteiger partial charge on any atom is -0.494 e. The summed E-state index contributed by atoms with van der Waals surface area (Å²) in [6.45, 7) is 0. The van der Waals surface area contributed by atoms with E-state index in [2.05, 4.69) is 4.99 Å². The molecule has 0 aliphatic carbocycles. The lowest BCUT2D eigenvalue weighted by Gasteiger charge is -2.09. The molecule has 0 saturated heterocycles. The third-order valence-corrected chi connectivity index (χ3v) is 3.91. The number of aromatic nitrogens is 2. The van der Waals surface area contributed by atoms with E-state index in [-0.39, 0.29) is 28.4 Å². The second-order valence-electron chi connectivity index (χ2n) is 5.68. The molecule has 0 spiro atoms. The van der Waals surface area contributed by atoms with E-state index in [0.717, 1.165) is 29.0 Å². The van der Waals surface area contributed by atoms with Gasteiger partial charge in [-0.3, -0.25) is 24.9 Å². The van der Waals surface area contributed by atoms with Gasteiger partial charge in [0.15, 0.2) is 0 Å². The van der Waals surface area contributed by atoms with Gasteiger partial charge in [0.05, 0.1) is 17.7 Å². The van der Waals surface area contributed by atoms with Crippen molar-refractivity contribution in [2.75, 3.05) is 7.11 Å². The average Bonchev–Trinajstić information content (AvgIpc) is 2.68. The molecule has 148 valence electrons. The van der Waals surface area contributed by atoms with Crippen LogP contribution in [0.1, 0.15) is 5.56 Å². The first kappa shape index (κ1) is 19.5. The first-order valence-electron chi connectivity index (χ1n) is 8.02. The predicted octanol–water partition coefficient (Wildman–Crippen LogP) is 2.04. The number of rotatable bonds is 5. The van der Waals surface area contributed by atoms with Crippen molar-refractivity contribution in [1.82, 2.24) is 9.55 Å². The molecule has 0 amide bonds. The lowest BCUT2D eigenvalue weighted by Crippen LogP contribution is -2.31. The van der Waals surface area contributed by atoms with Gasteiger partial charge >= 0.3 is 5.69 Å². The molecule has 0 radical (unpaired) electrons. The molecule has 0 aliphatic heterocycles. The van der Waals surface area contributed by atoms with Gasteiger partial charge in [-0.05, 0) is 30.3 Å². The highest BCUT2D eigenvalue weighted by atomic mass is 19.1. The topological polar surface area (TPSA) is 140 Å². The minimum atomic E-state index is -0.941. The Balaban J connectivity index is 2.13. The second-order valence-corrected chi connectivity index (χ2v) is 5.68. The monoisotopic (exact) mass is 400 g/mol. The van der Waals surface area contributed by atoms with Crippen molar-refractivity contribution in [2.24, 2.45) is 4.99 Å². The van der Waals surface area contributed by atoms with Crippen molar-refractivity contribution < 1.29 is 19.2 Å². The molecule has 0 aliphatic rings. The number of non-ortho nitro benzene ring substituents is 1. The zero-order valence-corrected chi connectivity index (χ0v) is 14.8. The van der Waals surface area contributed by atoms with E-state index in [1.54, 1.807) is 0 Å². The summed E-state index contributed by atoms with van der Waals surface area (Å²) in [5.41, 5.74) is -2.38. The van der Waals surface area contributed by atoms with Gasteiger partial charge in [0.25, 0.3) is 11.2 Å². The second kappa shape index (κ2) is 7.76. The molecule has 2 N–H and O–H groups in total. The van der Waals surface area contributed by atoms with Gasteiger partial charge in [0, 0.05) is 18.3 Å². The molecule has 0 fully saturated rings. The normalized spacial score (nSPS) is 11.0. The molecule has 2 aromatic carbocycles. The maximum absolute atomic E-state index is 13.1. The van der Waals surface area contributed by atoms with Crippen LogP contribution in [0.2, 0.25) is 0 Å². The van der Waals surface area contributed by atoms with E-state index in [1.807, 2.05) is 4.98 Å². The van der Waals surface area contributed by atoms with Crippen LogP contribution < -0.4 is 16.0 Å². The maximum Gasteiger partial charge on any atom is 0.335 e. The Kier molecular flexibility index (Phi) is 5.21. The third-order valence-electron chi connectivity index (χ3n) is 3.91. The molecule has 0 saturated carbocycles. The largest absolute Gasteiger partial charge is 0.494 e. The molecule has 0 atom stereocenters. The van der Waals surface area contributed by atoms with Crippen molar-refractivity contribution in [1.29, 1.82) is 0 Å². The highest BCUT2D eigenvalue weighted by Crippen LogP contribution is 2.31. The van der Waals surface area contributed by atoms with Gasteiger partial charge in [-0.2, -0.15) is 0 Å². The van der Waals surface area contributed by atoms with Crippen LogP contribution in [0.3, 0.4) is 0 Å². The Morgan fingerprint density at radius 1 is 1.24 bits per heavy atom. The molecule has 0 unspecified atom stereocenters. The first-order chi connectivity index (χ1) is 13.8. The molecule has 3 aromatic rings. The van der Waals surface area contributed by atoms with Gasteiger partial charge < -0.3 is 9.84 Å². The summed E-state index contributed by atoms with van der Waals surface area (Å²) in [5.74, 6) is -1.10. The number of H-pyrrole nitrogens is 1. The van der Waals surface area contributed by atoms with Gasteiger partial charge in [-0.25, -0.2) is 13.8 Å². The van der Waals surface area contributed by atoms with E-state index in [0.29, 0.717) is 0 Å². The average molecular weight is 400 g/mol. The number of aromatic hydroxyl groups is 1. The number of ether oxygens (including phenoxy) is 1. The number of hydrogen-bond acceptors (Lipinski definition) is 7. The van der Waals surface area contributed by atoms with Crippen LogP contribution in [0.4, 0.5) is 15.8 Å². The summed E-state index contributed by atoms with van der Waals surface area (Å²) in [6.07, 6.45) is 0.940. The van der Waals surface area contributed by atoms with Crippen molar-refractivity contribution in [3.8, 4) is 17.3 Å². The minimum absolute atomic E-state index is 0.0278. The molecule has 29 heavy (non-hydrogen) atoms. The Morgan fingerprint density at radius 2 is 1.93 bits per heavy atom. The fourth-order valence-corrected chi connectivity index (χ4v) is 2.51. The molecule has 0 bridgehead atoms. The predicted molar refractivity (Wildman–Crippen MR) is 101 cm³/mol. The number of aromatic amines is 1. The van der Waals surface area contributed by atoms with Crippen molar-refractivity contribution in [2.45, 2.75) is 0 Å². The van der Waals surface area contributed by atoms with Crippen LogP contribution >= 0.6 is 0 Å². The summed E-state index contributed by atoms with van der Waals surface area (Å²) < 4.78 is 19.0. The molecule has 10 nitrogen and oxygen atoms in total. The number of halogens is 1. The standard InChI is InChI=1S/C18H13FN4O6/c1-29-15-7-6-12(23(27)28)8-14(15)20-9-13-16(24)21-18(26)22(17(13)25)11-4-2-10(19)3-5-11/h2-9,25H,1H3,(H,21,24,26). The summed E-state index contributed by atoms with van der Waals surface area (Å²) in [4.78, 5) is 40.6. The number of nitro benzene ring substituents is 1. The smallest absolute Gasteiger partial charge is 0.335 e. The number of nitrogens with zero attached hydrogens (tertiary/aromatic N) is 3. The Bertz CT molecular complexity index is 1230. The SMILES string of the molecule is COc1ccc([N+](=O)[O-])cc1N=Cc1c(O)n(-c2ccc(F)cc2)c(=O)[nH]c1=O. The van der Waals surface area contributed by atoms with E-state index in [9.17, 15) is 29.2 Å². The first-order valence-corrected chi connectivity index (χ1v) is 8.02. The van der Waals surface area contributed by atoms with E-state index in [1.165, 1.54) is 31.4 Å². The van der Waals surface area contributed by atoms with Gasteiger partial charge in [-0.1, -0.05) is 0 Å². The van der Waals surface area contributed by atoms with Crippen LogP contribution in [0, 0.1) is 15.9 Å². The highest BCUT2D eigenvalue weighted by molar-refractivity contribution is 5.85. The molecule has 3 rings (SSSR count). The molecule has 1 heterocycles. The van der Waals surface area contributed by atoms with E-state index in [4.69, 9.17) is 4.74 Å². The molecule has 1 aromatic heterocycles. The van der Waals surface area contributed by atoms with Crippen LogP contribution in [-0.4, -0.2) is 32.9 Å². The van der Waals surface area contributed by atoms with Gasteiger partial charge in [0.1, 0.15) is 22.8 Å². The van der Waals surface area contributed by atoms with Crippen LogP contribution in [0.15, 0.2) is 57.0 Å². The summed E-state index contributed by atoms with van der Waals surface area (Å²) >= 11 is 0. The van der Waals surface area contributed by atoms with Gasteiger partial charge in [0.2, 0.25) is 5.88 Å². The van der Waals surface area contributed by atoms with Crippen molar-refractivity contribution in [3.63, 3.8) is 0 Å². The summed E-state index contributed by atoms with van der Waals surface area (Å²) in [5, 5.41) is 21.4. The zero-order chi connectivity index (χ0) is 21.1. The highest BCUT2D eigenvalue weighted by Gasteiger charge is 2.15. The van der Waals surface area contributed by atoms with E-state index >= 15 is 0 Å². The number of benzene rings is 2. The molecular weight excluding hydrogens is 387 g/mol. The molecular formula is C18H13FN4O6. The Labute approximate surface area is 161 Å². The van der Waals surface area contributed by atoms with Crippen molar-refractivity contribution >= 4 is 17.6 Å². The number of methoxy groups -OCH3 is 1. The summed E-state index contributed by atoms with van der Waals surface area (Å²) in [6, 6.07) is 8.29. The lowest BCUT2D eigenvalue weighted by molar-refractivity contribution is -0.384. The fraction of sp³-hybridized carbons (Fsp3) is 0.0556.